The maximum Gasteiger partial charge on any atom is -0.0630 e. The third-order valence-electron chi connectivity index (χ3n) is 3.71. The Bertz CT molecular complexity index is 347. The van der Waals surface area contributed by atoms with Crippen LogP contribution in [-0.4, -0.2) is 29.5 Å². The van der Waals surface area contributed by atoms with Crippen molar-refractivity contribution in [3.63, 3.8) is 0 Å². The van der Waals surface area contributed by atoms with Crippen molar-refractivity contribution < 1.29 is 19.2 Å². The topological polar surface area (TPSA) is 3.24 Å². The van der Waals surface area contributed by atoms with Gasteiger partial charge in [-0.05, 0) is 0 Å². The van der Waals surface area contributed by atoms with Crippen molar-refractivity contribution >= 4 is 25.3 Å². The SMILES string of the molecule is CCN([C]#[W])CC.CC[S-].CC[S-].Cc1c(C)c(C)[c-](C)c1C. The fourth-order valence-corrected chi connectivity index (χ4v) is 2.69. The Kier molecular flexibility index (Phi) is 23.1. The molecule has 0 radical (unpaired) electrons. The van der Waals surface area contributed by atoms with Crippen molar-refractivity contribution in [2.75, 3.05) is 24.6 Å². The fraction of sp³-hybridized carbons (Fsp3) is 0.684. The van der Waals surface area contributed by atoms with Gasteiger partial charge in [0.15, 0.2) is 0 Å². The largest absolute Gasteiger partial charge is 0.793 e. The van der Waals surface area contributed by atoms with Crippen LogP contribution in [0.15, 0.2) is 0 Å². The first-order chi connectivity index (χ1) is 10.7. The van der Waals surface area contributed by atoms with Crippen molar-refractivity contribution in [1.29, 1.82) is 0 Å². The molecular formula is C19H35NS2W-3. The van der Waals surface area contributed by atoms with Gasteiger partial charge in [-0.3, -0.25) is 0 Å². The van der Waals surface area contributed by atoms with Gasteiger partial charge in [-0.2, -0.15) is 39.3 Å². The molecule has 0 spiro atoms. The summed E-state index contributed by atoms with van der Waals surface area (Å²) in [5, 5.41) is 0. The van der Waals surface area contributed by atoms with Crippen LogP contribution in [-0.2, 0) is 44.4 Å². The smallest absolute Gasteiger partial charge is 0.0630 e. The molecule has 0 fully saturated rings. The van der Waals surface area contributed by atoms with Crippen LogP contribution in [0.5, 0.6) is 0 Å². The standard InChI is InChI=1S/C10H15.C5H10N.2C2H6S.W/c1-6-7(2)9(4)10(5)8(6)3;1-4-6(3)5-2;2*1-2-3;/h1-5H3;4-5H2,1-2H3;2*3H,2H2,1H3;/q-1;;;;/p-2. The van der Waals surface area contributed by atoms with Crippen molar-refractivity contribution in [2.24, 2.45) is 0 Å². The maximum absolute atomic E-state index is 4.39. The van der Waals surface area contributed by atoms with Gasteiger partial charge in [0, 0.05) is 0 Å². The number of rotatable bonds is 2. The molecule has 0 heterocycles. The van der Waals surface area contributed by atoms with Gasteiger partial charge in [0.25, 0.3) is 0 Å². The minimum absolute atomic E-state index is 0.833. The molecule has 1 aromatic carbocycles. The molecule has 0 aromatic heterocycles. The van der Waals surface area contributed by atoms with Gasteiger partial charge < -0.3 is 25.3 Å². The Morgan fingerprint density at radius 3 is 1.17 bits per heavy atom. The molecule has 0 unspecified atom stereocenters. The van der Waals surface area contributed by atoms with E-state index in [1.165, 1.54) is 47.0 Å². The molecule has 0 aliphatic heterocycles. The van der Waals surface area contributed by atoms with E-state index < -0.39 is 0 Å². The van der Waals surface area contributed by atoms with Crippen molar-refractivity contribution in [3.8, 4) is 4.33 Å². The van der Waals surface area contributed by atoms with Gasteiger partial charge >= 0.3 is 55.3 Å². The Balaban J connectivity index is -0.000000269. The first-order valence-corrected chi connectivity index (χ1v) is 10.8. The molecule has 1 aromatic rings. The van der Waals surface area contributed by atoms with E-state index in [9.17, 15) is 0 Å². The van der Waals surface area contributed by atoms with Crippen LogP contribution in [0, 0.1) is 38.9 Å². The third-order valence-corrected chi connectivity index (χ3v) is 4.63. The van der Waals surface area contributed by atoms with E-state index in [1.807, 2.05) is 13.8 Å². The average Bonchev–Trinajstić information content (AvgIpc) is 2.69. The van der Waals surface area contributed by atoms with Gasteiger partial charge in [-0.15, -0.1) is 0 Å². The van der Waals surface area contributed by atoms with Gasteiger partial charge in [0.05, 0.1) is 0 Å². The summed E-state index contributed by atoms with van der Waals surface area (Å²) in [5.41, 5.74) is 7.34. The molecule has 0 atom stereocenters. The van der Waals surface area contributed by atoms with Crippen molar-refractivity contribution in [2.45, 2.75) is 62.3 Å². The molecule has 0 saturated carbocycles. The first-order valence-electron chi connectivity index (χ1n) is 8.22. The van der Waals surface area contributed by atoms with Crippen LogP contribution in [0.4, 0.5) is 0 Å². The summed E-state index contributed by atoms with van der Waals surface area (Å²) in [7, 11) is 0. The summed E-state index contributed by atoms with van der Waals surface area (Å²) < 4.78 is 3.12. The van der Waals surface area contributed by atoms with E-state index in [1.54, 1.807) is 0 Å². The maximum atomic E-state index is 4.39. The van der Waals surface area contributed by atoms with Gasteiger partial charge in [0.1, 0.15) is 0 Å². The monoisotopic (exact) mass is 525 g/mol. The molecule has 137 valence electrons. The summed E-state index contributed by atoms with van der Waals surface area (Å²) in [6.07, 6.45) is 0. The molecule has 0 saturated heterocycles. The van der Waals surface area contributed by atoms with E-state index in [0.717, 1.165) is 24.6 Å². The molecular weight excluding hydrogens is 490 g/mol. The molecule has 4 heteroatoms. The van der Waals surface area contributed by atoms with E-state index in [2.05, 4.69) is 82.9 Å². The van der Waals surface area contributed by atoms with Crippen LogP contribution >= 0.6 is 0 Å². The normalized spacial score (nSPS) is 8.83. The average molecular weight is 525 g/mol. The summed E-state index contributed by atoms with van der Waals surface area (Å²) in [4.78, 5) is 2.16. The van der Waals surface area contributed by atoms with Gasteiger partial charge in [-0.25, -0.2) is 0 Å². The van der Waals surface area contributed by atoms with Crippen LogP contribution in [0.25, 0.3) is 0 Å². The summed E-state index contributed by atoms with van der Waals surface area (Å²) >= 11 is 10.2. The second-order valence-corrected chi connectivity index (χ2v) is 6.78. The molecule has 0 N–H and O–H groups in total. The van der Waals surface area contributed by atoms with Gasteiger partial charge in [-0.1, -0.05) is 48.5 Å². The summed E-state index contributed by atoms with van der Waals surface area (Å²) in [5.74, 6) is 1.67. The Morgan fingerprint density at radius 2 is 1.13 bits per heavy atom. The van der Waals surface area contributed by atoms with Crippen LogP contribution in [0.2, 0.25) is 0 Å². The van der Waals surface area contributed by atoms with E-state index >= 15 is 0 Å². The molecule has 1 rings (SSSR count). The van der Waals surface area contributed by atoms with Crippen molar-refractivity contribution in [1.82, 2.24) is 4.90 Å². The van der Waals surface area contributed by atoms with E-state index in [4.69, 9.17) is 0 Å². The molecule has 23 heavy (non-hydrogen) atoms. The molecule has 1 nitrogen and oxygen atoms in total. The Morgan fingerprint density at radius 1 is 0.870 bits per heavy atom. The first kappa shape index (κ1) is 28.3. The zero-order chi connectivity index (χ0) is 19.0. The number of hydrogen-bond acceptors (Lipinski definition) is 3. The van der Waals surface area contributed by atoms with Crippen LogP contribution in [0.3, 0.4) is 0 Å². The number of hydrogen-bond donors (Lipinski definition) is 0. The van der Waals surface area contributed by atoms with Crippen LogP contribution in [0.1, 0.15) is 55.5 Å². The van der Waals surface area contributed by atoms with Crippen LogP contribution < -0.4 is 0 Å². The van der Waals surface area contributed by atoms with Gasteiger partial charge in [0.2, 0.25) is 0 Å². The quantitative estimate of drug-likeness (QED) is 0.309. The Hall–Kier alpha value is 0.478. The third kappa shape index (κ3) is 13.4. The number of nitrogens with zero attached hydrogens (tertiary/aromatic N) is 1. The van der Waals surface area contributed by atoms with E-state index in [0.29, 0.717) is 0 Å². The second kappa shape index (κ2) is 18.8. The minimum atomic E-state index is 0.833. The summed E-state index contributed by atoms with van der Waals surface area (Å²) in [6.45, 7) is 21.3. The van der Waals surface area contributed by atoms with Crippen molar-refractivity contribution in [3.05, 3.63) is 27.8 Å². The Labute approximate surface area is 167 Å². The molecule has 0 aliphatic carbocycles. The summed E-state index contributed by atoms with van der Waals surface area (Å²) in [6, 6.07) is 0. The fourth-order valence-electron chi connectivity index (χ4n) is 1.76. The second-order valence-electron chi connectivity index (χ2n) is 4.97. The minimum Gasteiger partial charge on any atom is -0.793 e. The predicted octanol–water partition coefficient (Wildman–Crippen LogP) is 4.85. The molecule has 0 aliphatic rings. The molecule has 0 bridgehead atoms. The molecule has 0 amide bonds. The zero-order valence-corrected chi connectivity index (χ0v) is 21.1. The zero-order valence-electron chi connectivity index (χ0n) is 16.5. The predicted molar refractivity (Wildman–Crippen MR) is 108 cm³/mol. The van der Waals surface area contributed by atoms with E-state index in [-0.39, 0.29) is 0 Å².